The highest BCUT2D eigenvalue weighted by molar-refractivity contribution is 14.0. The summed E-state index contributed by atoms with van der Waals surface area (Å²) < 4.78 is 5.47. The molecule has 1 fully saturated rings. The molecule has 31 heavy (non-hydrogen) atoms. The van der Waals surface area contributed by atoms with Crippen molar-refractivity contribution in [1.29, 1.82) is 0 Å². The summed E-state index contributed by atoms with van der Waals surface area (Å²) in [6.45, 7) is 9.19. The standard InChI is InChI=1S/C22H36ClN5O2.HI/c1-5-28(6-2)20(18-9-7-8-10-19(18)23)14-25-22(26-15-21(29)27(3)4)24-13-17-11-12-30-16-17;/h7-10,17,20H,5-6,11-16H2,1-4H3,(H2,24,25,26);1H. The van der Waals surface area contributed by atoms with Gasteiger partial charge in [0.25, 0.3) is 0 Å². The number of nitrogens with one attached hydrogen (secondary N) is 2. The van der Waals surface area contributed by atoms with Crippen LogP contribution in [0, 0.1) is 5.92 Å². The van der Waals surface area contributed by atoms with Crippen molar-refractivity contribution in [3.63, 3.8) is 0 Å². The zero-order valence-corrected chi connectivity index (χ0v) is 22.2. The summed E-state index contributed by atoms with van der Waals surface area (Å²) in [5, 5.41) is 7.59. The lowest BCUT2D eigenvalue weighted by atomic mass is 10.0. The second-order valence-corrected chi connectivity index (χ2v) is 8.11. The van der Waals surface area contributed by atoms with E-state index in [1.165, 1.54) is 0 Å². The van der Waals surface area contributed by atoms with Crippen LogP contribution in [0.2, 0.25) is 5.02 Å². The number of amides is 1. The maximum atomic E-state index is 12.0. The monoisotopic (exact) mass is 565 g/mol. The molecule has 0 spiro atoms. The normalized spacial score (nSPS) is 17.2. The van der Waals surface area contributed by atoms with Crippen LogP contribution < -0.4 is 10.6 Å². The Labute approximate surface area is 209 Å². The molecule has 1 aliphatic rings. The Hall–Kier alpha value is -1.10. The smallest absolute Gasteiger partial charge is 0.243 e. The second-order valence-electron chi connectivity index (χ2n) is 7.70. The molecule has 0 bridgehead atoms. The minimum Gasteiger partial charge on any atom is -0.381 e. The average molecular weight is 566 g/mol. The summed E-state index contributed by atoms with van der Waals surface area (Å²) in [4.78, 5) is 20.5. The SMILES string of the molecule is CCN(CC)C(CNC(=NCC(=O)N(C)C)NCC1CCOC1)c1ccccc1Cl.I. The predicted molar refractivity (Wildman–Crippen MR) is 138 cm³/mol. The quantitative estimate of drug-likeness (QED) is 0.259. The van der Waals surface area contributed by atoms with Gasteiger partial charge in [0.05, 0.1) is 12.6 Å². The predicted octanol–water partition coefficient (Wildman–Crippen LogP) is 3.00. The zero-order valence-electron chi connectivity index (χ0n) is 19.1. The Morgan fingerprint density at radius 1 is 1.26 bits per heavy atom. The first-order chi connectivity index (χ1) is 14.5. The van der Waals surface area contributed by atoms with E-state index in [2.05, 4.69) is 40.4 Å². The molecule has 2 N–H and O–H groups in total. The highest BCUT2D eigenvalue weighted by Crippen LogP contribution is 2.26. The van der Waals surface area contributed by atoms with Crippen molar-refractivity contribution in [2.24, 2.45) is 10.9 Å². The van der Waals surface area contributed by atoms with E-state index >= 15 is 0 Å². The fourth-order valence-corrected chi connectivity index (χ4v) is 3.75. The molecule has 1 amide bonds. The summed E-state index contributed by atoms with van der Waals surface area (Å²) >= 11 is 6.51. The molecule has 0 saturated carbocycles. The molecule has 1 aliphatic heterocycles. The minimum atomic E-state index is -0.0355. The van der Waals surface area contributed by atoms with E-state index in [9.17, 15) is 4.79 Å². The first-order valence-electron chi connectivity index (χ1n) is 10.7. The van der Waals surface area contributed by atoms with Crippen LogP contribution in [0.1, 0.15) is 31.9 Å². The van der Waals surface area contributed by atoms with Crippen LogP contribution in [-0.2, 0) is 9.53 Å². The van der Waals surface area contributed by atoms with Crippen LogP contribution in [0.4, 0.5) is 0 Å². The second kappa shape index (κ2) is 14.9. The molecule has 9 heteroatoms. The van der Waals surface area contributed by atoms with Crippen molar-refractivity contribution in [1.82, 2.24) is 20.4 Å². The molecule has 0 aliphatic carbocycles. The average Bonchev–Trinajstić information content (AvgIpc) is 3.26. The van der Waals surface area contributed by atoms with Gasteiger partial charge in [0.1, 0.15) is 6.54 Å². The van der Waals surface area contributed by atoms with Gasteiger partial charge in [-0.25, -0.2) is 4.99 Å². The van der Waals surface area contributed by atoms with Crippen molar-refractivity contribution in [2.45, 2.75) is 26.3 Å². The molecule has 2 atom stereocenters. The summed E-state index contributed by atoms with van der Waals surface area (Å²) in [6.07, 6.45) is 1.04. The first kappa shape index (κ1) is 27.9. The van der Waals surface area contributed by atoms with Crippen LogP contribution in [-0.4, -0.2) is 81.7 Å². The van der Waals surface area contributed by atoms with E-state index in [1.807, 2.05) is 18.2 Å². The number of guanidine groups is 1. The first-order valence-corrected chi connectivity index (χ1v) is 11.1. The van der Waals surface area contributed by atoms with Crippen molar-refractivity contribution < 1.29 is 9.53 Å². The third kappa shape index (κ3) is 9.11. The van der Waals surface area contributed by atoms with E-state index in [0.29, 0.717) is 18.4 Å². The molecule has 7 nitrogen and oxygen atoms in total. The summed E-state index contributed by atoms with van der Waals surface area (Å²) in [5.41, 5.74) is 1.09. The number of rotatable bonds is 10. The summed E-state index contributed by atoms with van der Waals surface area (Å²) in [7, 11) is 3.48. The van der Waals surface area contributed by atoms with Gasteiger partial charge in [-0.05, 0) is 31.1 Å². The van der Waals surface area contributed by atoms with Crippen LogP contribution >= 0.6 is 35.6 Å². The number of carbonyl (C=O) groups excluding carboxylic acids is 1. The lowest BCUT2D eigenvalue weighted by Crippen LogP contribution is -2.45. The molecule has 2 rings (SSSR count). The fraction of sp³-hybridized carbons (Fsp3) is 0.636. The van der Waals surface area contributed by atoms with E-state index in [-0.39, 0.29) is 42.5 Å². The van der Waals surface area contributed by atoms with Gasteiger partial charge in [0.2, 0.25) is 5.91 Å². The maximum Gasteiger partial charge on any atom is 0.243 e. The van der Waals surface area contributed by atoms with Crippen LogP contribution in [0.5, 0.6) is 0 Å². The largest absolute Gasteiger partial charge is 0.381 e. The number of nitrogens with zero attached hydrogens (tertiary/aromatic N) is 3. The number of ether oxygens (including phenoxy) is 1. The highest BCUT2D eigenvalue weighted by atomic mass is 127. The van der Waals surface area contributed by atoms with Crippen LogP contribution in [0.25, 0.3) is 0 Å². The molecular weight excluding hydrogens is 529 g/mol. The van der Waals surface area contributed by atoms with E-state index in [4.69, 9.17) is 16.3 Å². The van der Waals surface area contributed by atoms with Crippen LogP contribution in [0.15, 0.2) is 29.3 Å². The number of carbonyl (C=O) groups is 1. The van der Waals surface area contributed by atoms with Gasteiger partial charge in [0, 0.05) is 44.7 Å². The number of hydrogen-bond acceptors (Lipinski definition) is 4. The molecule has 2 unspecified atom stereocenters. The molecule has 0 aromatic heterocycles. The highest BCUT2D eigenvalue weighted by Gasteiger charge is 2.21. The van der Waals surface area contributed by atoms with Crippen molar-refractivity contribution in [3.8, 4) is 0 Å². The lowest BCUT2D eigenvalue weighted by molar-refractivity contribution is -0.127. The Balaban J connectivity index is 0.00000480. The van der Waals surface area contributed by atoms with Crippen molar-refractivity contribution >= 4 is 47.4 Å². The molecule has 1 heterocycles. The van der Waals surface area contributed by atoms with Crippen molar-refractivity contribution in [3.05, 3.63) is 34.9 Å². The number of likely N-dealkylation sites (N-methyl/N-ethyl adjacent to an activating group) is 2. The van der Waals surface area contributed by atoms with Gasteiger partial charge < -0.3 is 20.3 Å². The third-order valence-electron chi connectivity index (χ3n) is 5.43. The Morgan fingerprint density at radius 3 is 2.55 bits per heavy atom. The summed E-state index contributed by atoms with van der Waals surface area (Å²) in [6, 6.07) is 8.06. The minimum absolute atomic E-state index is 0. The van der Waals surface area contributed by atoms with E-state index in [1.54, 1.807) is 19.0 Å². The Morgan fingerprint density at radius 2 is 1.97 bits per heavy atom. The topological polar surface area (TPSA) is 69.2 Å². The number of hydrogen-bond donors (Lipinski definition) is 2. The maximum absolute atomic E-state index is 12.0. The van der Waals surface area contributed by atoms with Gasteiger partial charge >= 0.3 is 0 Å². The molecular formula is C22H37ClIN5O2. The number of halogens is 2. The van der Waals surface area contributed by atoms with Gasteiger partial charge in [0.15, 0.2) is 5.96 Å². The molecule has 0 radical (unpaired) electrons. The number of aliphatic imine (C=N–C) groups is 1. The van der Waals surface area contributed by atoms with E-state index < -0.39 is 0 Å². The van der Waals surface area contributed by atoms with Gasteiger partial charge in [-0.3, -0.25) is 9.69 Å². The Kier molecular flexibility index (Phi) is 13.4. The lowest BCUT2D eigenvalue weighted by Gasteiger charge is -2.31. The summed E-state index contributed by atoms with van der Waals surface area (Å²) in [5.74, 6) is 1.07. The zero-order chi connectivity index (χ0) is 21.9. The molecule has 1 saturated heterocycles. The van der Waals surface area contributed by atoms with E-state index in [0.717, 1.165) is 49.9 Å². The van der Waals surface area contributed by atoms with Gasteiger partial charge in [-0.1, -0.05) is 43.6 Å². The number of benzene rings is 1. The Bertz CT molecular complexity index is 694. The van der Waals surface area contributed by atoms with Crippen LogP contribution in [0.3, 0.4) is 0 Å². The molecule has 176 valence electrons. The molecule has 1 aromatic carbocycles. The third-order valence-corrected chi connectivity index (χ3v) is 5.78. The fourth-order valence-electron chi connectivity index (χ4n) is 3.49. The van der Waals surface area contributed by atoms with Crippen molar-refractivity contribution in [2.75, 3.05) is 60.0 Å². The van der Waals surface area contributed by atoms with Gasteiger partial charge in [-0.2, -0.15) is 0 Å². The molecule has 1 aromatic rings. The van der Waals surface area contributed by atoms with Gasteiger partial charge in [-0.15, -0.1) is 24.0 Å².